The number of nitrogens with one attached hydrogen (secondary N) is 1. The van der Waals surface area contributed by atoms with Crippen LogP contribution in [0.25, 0.3) is 16.8 Å². The summed E-state index contributed by atoms with van der Waals surface area (Å²) in [6.45, 7) is 2.10. The smallest absolute Gasteiger partial charge is 0.309 e. The molecular formula is C13H12BrN3O2. The maximum atomic E-state index is 10.8. The lowest BCUT2D eigenvalue weighted by Crippen LogP contribution is -2.01. The SMILES string of the molecule is CCc1ccc2nc3[nH]c(CC(=O)O)c(Br)n3c2c1. The van der Waals surface area contributed by atoms with Crippen molar-refractivity contribution in [1.82, 2.24) is 14.4 Å². The molecule has 0 aliphatic carbocycles. The van der Waals surface area contributed by atoms with Gasteiger partial charge in [0.05, 0.1) is 23.1 Å². The molecule has 0 saturated carbocycles. The van der Waals surface area contributed by atoms with Gasteiger partial charge in [-0.25, -0.2) is 4.98 Å². The number of carboxylic acids is 1. The van der Waals surface area contributed by atoms with Crippen molar-refractivity contribution in [2.75, 3.05) is 0 Å². The number of nitrogens with zero attached hydrogens (tertiary/aromatic N) is 2. The number of carboxylic acid groups (broad SMARTS) is 1. The number of hydrogen-bond donors (Lipinski definition) is 2. The van der Waals surface area contributed by atoms with Gasteiger partial charge in [0.2, 0.25) is 5.78 Å². The predicted octanol–water partition coefficient (Wildman–Crippen LogP) is 2.77. The highest BCUT2D eigenvalue weighted by Gasteiger charge is 2.16. The highest BCUT2D eigenvalue weighted by atomic mass is 79.9. The van der Waals surface area contributed by atoms with Gasteiger partial charge < -0.3 is 10.1 Å². The van der Waals surface area contributed by atoms with Crippen LogP contribution in [0.2, 0.25) is 0 Å². The second-order valence-corrected chi connectivity index (χ2v) is 5.16. The molecule has 0 spiro atoms. The Hall–Kier alpha value is -1.82. The van der Waals surface area contributed by atoms with E-state index in [2.05, 4.69) is 45.0 Å². The molecule has 98 valence electrons. The van der Waals surface area contributed by atoms with E-state index in [4.69, 9.17) is 5.11 Å². The van der Waals surface area contributed by atoms with Gasteiger partial charge in [-0.05, 0) is 40.0 Å². The van der Waals surface area contributed by atoms with E-state index in [-0.39, 0.29) is 6.42 Å². The summed E-state index contributed by atoms with van der Waals surface area (Å²) in [7, 11) is 0. The average molecular weight is 322 g/mol. The first-order valence-corrected chi connectivity index (χ1v) is 6.78. The van der Waals surface area contributed by atoms with Crippen LogP contribution in [-0.4, -0.2) is 25.4 Å². The fourth-order valence-corrected chi connectivity index (χ4v) is 2.81. The standard InChI is InChI=1S/C13H12BrN3O2/c1-2-7-3-4-8-10(5-7)17-12(14)9(6-11(18)19)16-13(17)15-8/h3-5H,2,6H2,1H3,(H,15,16)(H,18,19). The third-order valence-corrected chi connectivity index (χ3v) is 4.00. The van der Waals surface area contributed by atoms with Crippen molar-refractivity contribution in [1.29, 1.82) is 0 Å². The summed E-state index contributed by atoms with van der Waals surface area (Å²) in [5.41, 5.74) is 3.72. The van der Waals surface area contributed by atoms with Crippen molar-refractivity contribution < 1.29 is 9.90 Å². The summed E-state index contributed by atoms with van der Waals surface area (Å²) in [4.78, 5) is 18.3. The number of imidazole rings is 2. The molecule has 0 radical (unpaired) electrons. The first-order valence-electron chi connectivity index (χ1n) is 5.99. The lowest BCUT2D eigenvalue weighted by Gasteiger charge is -1.98. The van der Waals surface area contributed by atoms with Crippen molar-refractivity contribution >= 4 is 38.7 Å². The van der Waals surface area contributed by atoms with Gasteiger partial charge in [0.15, 0.2) is 0 Å². The highest BCUT2D eigenvalue weighted by molar-refractivity contribution is 9.10. The molecular weight excluding hydrogens is 310 g/mol. The summed E-state index contributed by atoms with van der Waals surface area (Å²) >= 11 is 3.46. The lowest BCUT2D eigenvalue weighted by atomic mass is 10.1. The zero-order valence-electron chi connectivity index (χ0n) is 10.3. The van der Waals surface area contributed by atoms with Crippen LogP contribution >= 0.6 is 15.9 Å². The molecule has 3 rings (SSSR count). The number of halogens is 1. The molecule has 0 bridgehead atoms. The van der Waals surface area contributed by atoms with E-state index in [0.29, 0.717) is 11.5 Å². The minimum atomic E-state index is -0.872. The van der Waals surface area contributed by atoms with Crippen molar-refractivity contribution in [2.45, 2.75) is 19.8 Å². The molecule has 5 nitrogen and oxygen atoms in total. The zero-order valence-corrected chi connectivity index (χ0v) is 11.9. The molecule has 0 amide bonds. The molecule has 0 fully saturated rings. The summed E-state index contributed by atoms with van der Waals surface area (Å²) < 4.78 is 2.63. The molecule has 2 N–H and O–H groups in total. The maximum absolute atomic E-state index is 10.8. The Morgan fingerprint density at radius 2 is 2.32 bits per heavy atom. The number of fused-ring (bicyclic) bond motifs is 3. The molecule has 0 unspecified atom stereocenters. The number of H-pyrrole nitrogens is 1. The van der Waals surface area contributed by atoms with Gasteiger partial charge >= 0.3 is 5.97 Å². The number of aromatic nitrogens is 3. The number of hydrogen-bond acceptors (Lipinski definition) is 2. The Morgan fingerprint density at radius 3 is 3.00 bits per heavy atom. The number of carbonyl (C=O) groups is 1. The molecule has 1 aromatic carbocycles. The fourth-order valence-electron chi connectivity index (χ4n) is 2.21. The van der Waals surface area contributed by atoms with Crippen LogP contribution in [0.15, 0.2) is 22.8 Å². The van der Waals surface area contributed by atoms with Gasteiger partial charge in [-0.3, -0.25) is 9.20 Å². The largest absolute Gasteiger partial charge is 0.481 e. The Bertz CT molecular complexity index is 788. The molecule has 6 heteroatoms. The van der Waals surface area contributed by atoms with Crippen LogP contribution in [0.5, 0.6) is 0 Å². The first kappa shape index (κ1) is 12.2. The van der Waals surface area contributed by atoms with E-state index in [1.807, 2.05) is 10.5 Å². The molecule has 0 saturated heterocycles. The minimum absolute atomic E-state index is 0.0566. The quantitative estimate of drug-likeness (QED) is 0.779. The van der Waals surface area contributed by atoms with E-state index in [0.717, 1.165) is 22.1 Å². The van der Waals surface area contributed by atoms with Gasteiger partial charge in [0.25, 0.3) is 0 Å². The van der Waals surface area contributed by atoms with E-state index < -0.39 is 5.97 Å². The average Bonchev–Trinajstić information content (AvgIpc) is 2.86. The Kier molecular flexibility index (Phi) is 2.82. The number of aliphatic carboxylic acids is 1. The number of aryl methyl sites for hydroxylation is 1. The highest BCUT2D eigenvalue weighted by Crippen LogP contribution is 2.26. The van der Waals surface area contributed by atoms with Crippen molar-refractivity contribution in [2.24, 2.45) is 0 Å². The summed E-state index contributed by atoms with van der Waals surface area (Å²) in [6.07, 6.45) is 0.895. The monoisotopic (exact) mass is 321 g/mol. The van der Waals surface area contributed by atoms with Gasteiger partial charge in [-0.15, -0.1) is 0 Å². The van der Waals surface area contributed by atoms with Gasteiger partial charge in [-0.1, -0.05) is 13.0 Å². The van der Waals surface area contributed by atoms with Gasteiger partial charge in [0.1, 0.15) is 4.60 Å². The predicted molar refractivity (Wildman–Crippen MR) is 75.5 cm³/mol. The second kappa shape index (κ2) is 4.38. The van der Waals surface area contributed by atoms with Crippen LogP contribution in [0, 0.1) is 0 Å². The molecule has 0 atom stereocenters. The summed E-state index contributed by atoms with van der Waals surface area (Å²) in [5.74, 6) is -0.213. The van der Waals surface area contributed by atoms with E-state index in [9.17, 15) is 4.79 Å². The summed E-state index contributed by atoms with van der Waals surface area (Å²) in [5, 5.41) is 8.88. The van der Waals surface area contributed by atoms with E-state index >= 15 is 0 Å². The third-order valence-electron chi connectivity index (χ3n) is 3.16. The molecule has 3 aromatic rings. The minimum Gasteiger partial charge on any atom is -0.481 e. The van der Waals surface area contributed by atoms with Crippen molar-refractivity contribution in [3.8, 4) is 0 Å². The van der Waals surface area contributed by atoms with E-state index in [1.165, 1.54) is 5.56 Å². The lowest BCUT2D eigenvalue weighted by molar-refractivity contribution is -0.136. The normalized spacial score (nSPS) is 11.5. The zero-order chi connectivity index (χ0) is 13.6. The second-order valence-electron chi connectivity index (χ2n) is 4.41. The Morgan fingerprint density at radius 1 is 1.53 bits per heavy atom. The molecule has 2 heterocycles. The van der Waals surface area contributed by atoms with Crippen molar-refractivity contribution in [3.05, 3.63) is 34.1 Å². The molecule has 0 aliphatic rings. The molecule has 19 heavy (non-hydrogen) atoms. The third kappa shape index (κ3) is 1.92. The maximum Gasteiger partial charge on any atom is 0.309 e. The van der Waals surface area contributed by atoms with Gasteiger partial charge in [0, 0.05) is 0 Å². The van der Waals surface area contributed by atoms with Crippen molar-refractivity contribution in [3.63, 3.8) is 0 Å². The van der Waals surface area contributed by atoms with Crippen LogP contribution in [0.1, 0.15) is 18.2 Å². The van der Waals surface area contributed by atoms with Crippen LogP contribution in [-0.2, 0) is 17.6 Å². The number of aromatic amines is 1. The Labute approximate surface area is 117 Å². The topological polar surface area (TPSA) is 70.4 Å². The van der Waals surface area contributed by atoms with Crippen LogP contribution < -0.4 is 0 Å². The van der Waals surface area contributed by atoms with Crippen LogP contribution in [0.4, 0.5) is 0 Å². The first-order chi connectivity index (χ1) is 9.10. The number of benzene rings is 1. The summed E-state index contributed by atoms with van der Waals surface area (Å²) in [6, 6.07) is 6.12. The fraction of sp³-hybridized carbons (Fsp3) is 0.231. The molecule has 0 aliphatic heterocycles. The van der Waals surface area contributed by atoms with Gasteiger partial charge in [-0.2, -0.15) is 0 Å². The number of rotatable bonds is 3. The Balaban J connectivity index is 2.27. The molecule has 2 aromatic heterocycles. The van der Waals surface area contributed by atoms with E-state index in [1.54, 1.807) is 0 Å². The van der Waals surface area contributed by atoms with Crippen LogP contribution in [0.3, 0.4) is 0 Å².